The van der Waals surface area contributed by atoms with Crippen molar-refractivity contribution in [2.24, 2.45) is 0 Å². The fraction of sp³-hybridized carbons (Fsp3) is 0.280. The van der Waals surface area contributed by atoms with Crippen LogP contribution in [0, 0.1) is 0 Å². The lowest BCUT2D eigenvalue weighted by atomic mass is 9.69. The number of anilines is 1. The molecule has 31 heavy (non-hydrogen) atoms. The minimum absolute atomic E-state index is 0.0727. The standard InChI is InChI=1S/C25H26ClN3S2/c26-20-9-7-8-19(16-20)25(14-5-2-6-15-25)18-28-24(30)29-21-12-13-23(27-17-21)31-22-10-3-1-4-11-22/h1,3-4,7-13,16-17H,2,5-6,14-15,18H2,(H2,28,29,30). The zero-order chi connectivity index (χ0) is 21.5. The first-order chi connectivity index (χ1) is 15.1. The lowest BCUT2D eigenvalue weighted by molar-refractivity contribution is 0.292. The summed E-state index contributed by atoms with van der Waals surface area (Å²) >= 11 is 13.5. The highest BCUT2D eigenvalue weighted by Gasteiger charge is 2.34. The van der Waals surface area contributed by atoms with E-state index in [4.69, 9.17) is 23.8 Å². The summed E-state index contributed by atoms with van der Waals surface area (Å²) in [5, 5.41) is 9.11. The maximum atomic E-state index is 6.29. The highest BCUT2D eigenvalue weighted by molar-refractivity contribution is 7.99. The molecule has 0 spiro atoms. The van der Waals surface area contributed by atoms with Crippen molar-refractivity contribution in [1.29, 1.82) is 0 Å². The number of pyridine rings is 1. The first kappa shape index (κ1) is 22.1. The molecule has 3 nitrogen and oxygen atoms in total. The van der Waals surface area contributed by atoms with Gasteiger partial charge in [-0.1, -0.05) is 73.0 Å². The quantitative estimate of drug-likeness (QED) is 0.379. The molecule has 0 unspecified atom stereocenters. The zero-order valence-corrected chi connectivity index (χ0v) is 19.7. The summed E-state index contributed by atoms with van der Waals surface area (Å²) in [6.07, 6.45) is 7.89. The van der Waals surface area contributed by atoms with E-state index in [0.717, 1.165) is 35.1 Å². The van der Waals surface area contributed by atoms with Gasteiger partial charge >= 0.3 is 0 Å². The summed E-state index contributed by atoms with van der Waals surface area (Å²) in [5.74, 6) is 0. The van der Waals surface area contributed by atoms with Gasteiger partial charge in [0.25, 0.3) is 0 Å². The fourth-order valence-electron chi connectivity index (χ4n) is 4.16. The van der Waals surface area contributed by atoms with Gasteiger partial charge in [-0.15, -0.1) is 0 Å². The molecule has 0 aliphatic heterocycles. The number of rotatable bonds is 6. The van der Waals surface area contributed by atoms with Crippen LogP contribution in [-0.2, 0) is 5.41 Å². The number of hydrogen-bond acceptors (Lipinski definition) is 3. The van der Waals surface area contributed by atoms with E-state index in [1.54, 1.807) is 11.8 Å². The second kappa shape index (κ2) is 10.5. The number of nitrogens with one attached hydrogen (secondary N) is 2. The summed E-state index contributed by atoms with van der Waals surface area (Å²) in [5.41, 5.74) is 2.26. The minimum atomic E-state index is 0.0727. The van der Waals surface area contributed by atoms with Gasteiger partial charge < -0.3 is 10.6 Å². The highest BCUT2D eigenvalue weighted by Crippen LogP contribution is 2.39. The molecular formula is C25H26ClN3S2. The fourth-order valence-corrected chi connectivity index (χ4v) is 5.32. The van der Waals surface area contributed by atoms with Crippen molar-refractivity contribution >= 4 is 46.4 Å². The molecule has 3 aromatic rings. The summed E-state index contributed by atoms with van der Waals surface area (Å²) in [6, 6.07) is 22.6. The highest BCUT2D eigenvalue weighted by atomic mass is 35.5. The normalized spacial score (nSPS) is 15.3. The molecule has 1 aromatic heterocycles. The maximum absolute atomic E-state index is 6.29. The van der Waals surface area contributed by atoms with Crippen LogP contribution in [0.1, 0.15) is 37.7 Å². The van der Waals surface area contributed by atoms with Gasteiger partial charge in [0.15, 0.2) is 5.11 Å². The van der Waals surface area contributed by atoms with E-state index in [9.17, 15) is 0 Å². The van der Waals surface area contributed by atoms with E-state index in [1.807, 2.05) is 48.7 Å². The monoisotopic (exact) mass is 467 g/mol. The molecule has 0 atom stereocenters. The van der Waals surface area contributed by atoms with Crippen molar-refractivity contribution in [3.8, 4) is 0 Å². The van der Waals surface area contributed by atoms with Gasteiger partial charge in [-0.3, -0.25) is 0 Å². The van der Waals surface area contributed by atoms with Crippen LogP contribution in [0.5, 0.6) is 0 Å². The Morgan fingerprint density at radius 2 is 1.81 bits per heavy atom. The Balaban J connectivity index is 1.36. The van der Waals surface area contributed by atoms with E-state index < -0.39 is 0 Å². The van der Waals surface area contributed by atoms with Crippen molar-refractivity contribution < 1.29 is 0 Å². The number of benzene rings is 2. The third-order valence-electron chi connectivity index (χ3n) is 5.79. The summed E-state index contributed by atoms with van der Waals surface area (Å²) in [6.45, 7) is 0.800. The Bertz CT molecular complexity index is 1000. The second-order valence-corrected chi connectivity index (χ2v) is 9.90. The number of halogens is 1. The van der Waals surface area contributed by atoms with Gasteiger partial charge in [-0.05, 0) is 67.0 Å². The topological polar surface area (TPSA) is 37.0 Å². The van der Waals surface area contributed by atoms with Gasteiger partial charge in [0.1, 0.15) is 5.03 Å². The van der Waals surface area contributed by atoms with Crippen molar-refractivity contribution in [1.82, 2.24) is 10.3 Å². The largest absolute Gasteiger partial charge is 0.362 e. The predicted molar refractivity (Wildman–Crippen MR) is 135 cm³/mol. The van der Waals surface area contributed by atoms with Crippen LogP contribution >= 0.6 is 35.6 Å². The van der Waals surface area contributed by atoms with Crippen LogP contribution in [0.4, 0.5) is 5.69 Å². The Kier molecular flexibility index (Phi) is 7.49. The molecule has 1 aliphatic rings. The summed E-state index contributed by atoms with van der Waals surface area (Å²) in [7, 11) is 0. The lowest BCUT2D eigenvalue weighted by Gasteiger charge is -2.38. The molecule has 1 fully saturated rings. The van der Waals surface area contributed by atoms with Gasteiger partial charge in [-0.2, -0.15) is 0 Å². The van der Waals surface area contributed by atoms with Crippen LogP contribution in [0.15, 0.2) is 82.8 Å². The molecular weight excluding hydrogens is 442 g/mol. The van der Waals surface area contributed by atoms with Gasteiger partial charge in [-0.25, -0.2) is 4.98 Å². The SMILES string of the molecule is S=C(NCC1(c2cccc(Cl)c2)CCCCC1)Nc1ccc(Sc2ccccc2)nc1. The summed E-state index contributed by atoms with van der Waals surface area (Å²) in [4.78, 5) is 5.72. The Morgan fingerprint density at radius 3 is 2.52 bits per heavy atom. The van der Waals surface area contributed by atoms with Crippen molar-refractivity contribution in [3.63, 3.8) is 0 Å². The van der Waals surface area contributed by atoms with E-state index >= 15 is 0 Å². The van der Waals surface area contributed by atoms with Crippen LogP contribution in [0.25, 0.3) is 0 Å². The number of nitrogens with zero attached hydrogens (tertiary/aromatic N) is 1. The third-order valence-corrected chi connectivity index (χ3v) is 7.23. The molecule has 0 radical (unpaired) electrons. The molecule has 1 saturated carbocycles. The minimum Gasteiger partial charge on any atom is -0.362 e. The van der Waals surface area contributed by atoms with E-state index in [-0.39, 0.29) is 5.41 Å². The first-order valence-electron chi connectivity index (χ1n) is 10.6. The molecule has 2 aromatic carbocycles. The molecule has 0 bridgehead atoms. The van der Waals surface area contributed by atoms with Crippen molar-refractivity contribution in [3.05, 3.63) is 83.5 Å². The lowest BCUT2D eigenvalue weighted by Crippen LogP contribution is -2.43. The van der Waals surface area contributed by atoms with Crippen molar-refractivity contribution in [2.75, 3.05) is 11.9 Å². The van der Waals surface area contributed by atoms with Gasteiger partial charge in [0.05, 0.1) is 11.9 Å². The molecule has 1 aliphatic carbocycles. The average Bonchev–Trinajstić information content (AvgIpc) is 2.80. The van der Waals surface area contributed by atoms with E-state index in [2.05, 4.69) is 39.9 Å². The van der Waals surface area contributed by atoms with E-state index in [1.165, 1.54) is 29.7 Å². The Labute approximate surface area is 199 Å². The van der Waals surface area contributed by atoms with Crippen molar-refractivity contribution in [2.45, 2.75) is 47.4 Å². The Hall–Kier alpha value is -2.08. The number of thiocarbonyl (C=S) groups is 1. The number of aromatic nitrogens is 1. The molecule has 6 heteroatoms. The van der Waals surface area contributed by atoms with Crippen LogP contribution in [0.3, 0.4) is 0 Å². The number of hydrogen-bond donors (Lipinski definition) is 2. The molecule has 0 amide bonds. The van der Waals surface area contributed by atoms with E-state index in [0.29, 0.717) is 5.11 Å². The smallest absolute Gasteiger partial charge is 0.170 e. The average molecular weight is 468 g/mol. The maximum Gasteiger partial charge on any atom is 0.170 e. The molecule has 1 heterocycles. The predicted octanol–water partition coefficient (Wildman–Crippen LogP) is 7.07. The van der Waals surface area contributed by atoms with Crippen LogP contribution < -0.4 is 10.6 Å². The van der Waals surface area contributed by atoms with Gasteiger partial charge in [0, 0.05) is 21.9 Å². The molecule has 4 rings (SSSR count). The second-order valence-electron chi connectivity index (χ2n) is 7.96. The van der Waals surface area contributed by atoms with Gasteiger partial charge in [0.2, 0.25) is 0 Å². The zero-order valence-electron chi connectivity index (χ0n) is 17.3. The first-order valence-corrected chi connectivity index (χ1v) is 12.2. The molecule has 0 saturated heterocycles. The third kappa shape index (κ3) is 6.00. The van der Waals surface area contributed by atoms with Crippen LogP contribution in [-0.4, -0.2) is 16.6 Å². The molecule has 2 N–H and O–H groups in total. The Morgan fingerprint density at radius 1 is 1.00 bits per heavy atom. The van der Waals surface area contributed by atoms with Crippen LogP contribution in [0.2, 0.25) is 5.02 Å². The molecule has 160 valence electrons. The summed E-state index contributed by atoms with van der Waals surface area (Å²) < 4.78 is 0.